The summed E-state index contributed by atoms with van der Waals surface area (Å²) in [4.78, 5) is 18.2. The maximum atomic E-state index is 12.9. The van der Waals surface area contributed by atoms with Crippen molar-refractivity contribution >= 4 is 34.1 Å². The molecule has 3 aromatic rings. The number of nitrogens with zero attached hydrogens (tertiary/aromatic N) is 2. The summed E-state index contributed by atoms with van der Waals surface area (Å²) in [6.07, 6.45) is 3.03. The molecule has 0 bridgehead atoms. The fourth-order valence-corrected chi connectivity index (χ4v) is 7.71. The lowest BCUT2D eigenvalue weighted by atomic mass is 9.74. The number of piperidine rings is 1. The molecule has 0 aromatic heterocycles. The normalized spacial score (nSPS) is 19.4. The SMILES string of the molecule is CN(CC(CCN1CCC2(CC1)CS(=O)c1ccccc12)c1ccc(Cl)cc1)C(=O)Nc1ccccc1. The van der Waals surface area contributed by atoms with E-state index >= 15 is 0 Å². The van der Waals surface area contributed by atoms with Gasteiger partial charge in [0.1, 0.15) is 0 Å². The van der Waals surface area contributed by atoms with Crippen LogP contribution in [0.1, 0.15) is 36.3 Å². The van der Waals surface area contributed by atoms with Crippen LogP contribution in [0.2, 0.25) is 5.02 Å². The smallest absolute Gasteiger partial charge is 0.321 e. The number of fused-ring (bicyclic) bond motifs is 2. The molecule has 1 fully saturated rings. The lowest BCUT2D eigenvalue weighted by Gasteiger charge is -2.40. The first-order valence-electron chi connectivity index (χ1n) is 13.0. The Kier molecular flexibility index (Phi) is 7.98. The number of nitrogens with one attached hydrogen (secondary N) is 1. The number of benzene rings is 3. The number of carbonyl (C=O) groups excluding carboxylic acids is 1. The van der Waals surface area contributed by atoms with Crippen molar-refractivity contribution in [1.29, 1.82) is 0 Å². The third kappa shape index (κ3) is 5.92. The number of hydrogen-bond acceptors (Lipinski definition) is 3. The van der Waals surface area contributed by atoms with E-state index in [1.807, 2.05) is 61.6 Å². The van der Waals surface area contributed by atoms with Crippen molar-refractivity contribution < 1.29 is 9.00 Å². The minimum Gasteiger partial charge on any atom is -0.327 e. The molecule has 1 spiro atoms. The average Bonchev–Trinajstić information content (AvgIpc) is 3.19. The maximum absolute atomic E-state index is 12.9. The molecule has 2 unspecified atom stereocenters. The van der Waals surface area contributed by atoms with E-state index in [9.17, 15) is 9.00 Å². The van der Waals surface area contributed by atoms with Gasteiger partial charge in [0.05, 0.1) is 10.8 Å². The summed E-state index contributed by atoms with van der Waals surface area (Å²) in [5, 5.41) is 3.70. The number of hydrogen-bond donors (Lipinski definition) is 1. The van der Waals surface area contributed by atoms with Gasteiger partial charge < -0.3 is 15.1 Å². The number of likely N-dealkylation sites (tertiary alicyclic amines) is 1. The van der Waals surface area contributed by atoms with Gasteiger partial charge in [0.25, 0.3) is 0 Å². The molecule has 3 aromatic carbocycles. The third-order valence-corrected chi connectivity index (χ3v) is 9.84. The number of rotatable bonds is 7. The van der Waals surface area contributed by atoms with E-state index < -0.39 is 10.8 Å². The molecule has 5 nitrogen and oxygen atoms in total. The fraction of sp³-hybridized carbons (Fsp3) is 0.367. The molecular formula is C30H34ClN3O2S. The van der Waals surface area contributed by atoms with Gasteiger partial charge in [0.2, 0.25) is 0 Å². The number of amides is 2. The van der Waals surface area contributed by atoms with Crippen molar-refractivity contribution in [3.05, 3.63) is 95.0 Å². The van der Waals surface area contributed by atoms with Crippen LogP contribution in [0.5, 0.6) is 0 Å². The summed E-state index contributed by atoms with van der Waals surface area (Å²) in [5.41, 5.74) is 3.35. The molecule has 37 heavy (non-hydrogen) atoms. The zero-order valence-electron chi connectivity index (χ0n) is 21.2. The quantitative estimate of drug-likeness (QED) is 0.396. The highest BCUT2D eigenvalue weighted by molar-refractivity contribution is 7.85. The van der Waals surface area contributed by atoms with Crippen LogP contribution < -0.4 is 5.32 Å². The van der Waals surface area contributed by atoms with Gasteiger partial charge in [-0.25, -0.2) is 4.79 Å². The van der Waals surface area contributed by atoms with E-state index in [4.69, 9.17) is 11.6 Å². The molecule has 2 atom stereocenters. The second kappa shape index (κ2) is 11.4. The lowest BCUT2D eigenvalue weighted by Crippen LogP contribution is -2.44. The topological polar surface area (TPSA) is 52.7 Å². The monoisotopic (exact) mass is 535 g/mol. The standard InChI is InChI=1S/C30H34ClN3O2S/c1-33(29(35)32-26-7-3-2-4-8-26)21-24(23-11-13-25(31)14-12-23)15-18-34-19-16-30(17-20-34)22-37(36)28-10-6-5-9-27(28)30/h2-14,24H,15-22H2,1H3,(H,32,35). The summed E-state index contributed by atoms with van der Waals surface area (Å²) in [7, 11) is 0.968. The van der Waals surface area contributed by atoms with Gasteiger partial charge in [0, 0.05) is 46.3 Å². The second-order valence-electron chi connectivity index (χ2n) is 10.3. The van der Waals surface area contributed by atoms with Crippen LogP contribution in [-0.2, 0) is 16.2 Å². The number of anilines is 1. The first-order chi connectivity index (χ1) is 17.9. The lowest BCUT2D eigenvalue weighted by molar-refractivity contribution is 0.164. The molecule has 5 rings (SSSR count). The molecule has 2 aliphatic heterocycles. The largest absolute Gasteiger partial charge is 0.327 e. The van der Waals surface area contributed by atoms with Crippen LogP contribution in [0.4, 0.5) is 10.5 Å². The first-order valence-corrected chi connectivity index (χ1v) is 14.7. The van der Waals surface area contributed by atoms with Gasteiger partial charge in [0.15, 0.2) is 0 Å². The molecule has 0 saturated carbocycles. The molecule has 2 amide bonds. The maximum Gasteiger partial charge on any atom is 0.321 e. The molecule has 2 heterocycles. The van der Waals surface area contributed by atoms with Crippen LogP contribution >= 0.6 is 11.6 Å². The van der Waals surface area contributed by atoms with Crippen molar-refractivity contribution in [2.75, 3.05) is 44.3 Å². The molecule has 1 saturated heterocycles. The first kappa shape index (κ1) is 26.0. The zero-order valence-corrected chi connectivity index (χ0v) is 22.8. The predicted octanol–water partition coefficient (Wildman–Crippen LogP) is 6.13. The Bertz CT molecular complexity index is 1240. The van der Waals surface area contributed by atoms with Crippen LogP contribution in [0, 0.1) is 0 Å². The van der Waals surface area contributed by atoms with E-state index in [0.29, 0.717) is 11.6 Å². The Morgan fingerprint density at radius 1 is 1.03 bits per heavy atom. The van der Waals surface area contributed by atoms with Crippen molar-refractivity contribution in [3.63, 3.8) is 0 Å². The molecule has 1 N–H and O–H groups in total. The number of urea groups is 1. The summed E-state index contributed by atoms with van der Waals surface area (Å²) in [6, 6.07) is 25.7. The second-order valence-corrected chi connectivity index (χ2v) is 12.2. The Morgan fingerprint density at radius 3 is 2.43 bits per heavy atom. The zero-order chi connectivity index (χ0) is 25.8. The molecule has 7 heteroatoms. The van der Waals surface area contributed by atoms with E-state index in [1.165, 1.54) is 11.1 Å². The highest BCUT2D eigenvalue weighted by Crippen LogP contribution is 2.44. The Hall–Kier alpha value is -2.67. The Balaban J connectivity index is 1.21. The molecule has 194 valence electrons. The average molecular weight is 536 g/mol. The van der Waals surface area contributed by atoms with Crippen LogP contribution in [0.3, 0.4) is 0 Å². The third-order valence-electron chi connectivity index (χ3n) is 7.93. The number of halogens is 1. The molecular weight excluding hydrogens is 502 g/mol. The van der Waals surface area contributed by atoms with Crippen LogP contribution in [0.15, 0.2) is 83.8 Å². The van der Waals surface area contributed by atoms with Gasteiger partial charge in [-0.1, -0.05) is 60.1 Å². The Labute approximate surface area is 227 Å². The molecule has 0 aliphatic carbocycles. The molecule has 0 radical (unpaired) electrons. The summed E-state index contributed by atoms with van der Waals surface area (Å²) in [6.45, 7) is 3.58. The van der Waals surface area contributed by atoms with Gasteiger partial charge in [-0.3, -0.25) is 4.21 Å². The van der Waals surface area contributed by atoms with Gasteiger partial charge >= 0.3 is 6.03 Å². The highest BCUT2D eigenvalue weighted by atomic mass is 35.5. The summed E-state index contributed by atoms with van der Waals surface area (Å²) < 4.78 is 12.7. The summed E-state index contributed by atoms with van der Waals surface area (Å²) in [5.74, 6) is 0.953. The van der Waals surface area contributed by atoms with E-state index in [2.05, 4.69) is 34.5 Å². The van der Waals surface area contributed by atoms with Crippen molar-refractivity contribution in [2.45, 2.75) is 35.5 Å². The van der Waals surface area contributed by atoms with Gasteiger partial charge in [-0.2, -0.15) is 0 Å². The van der Waals surface area contributed by atoms with Crippen molar-refractivity contribution in [2.24, 2.45) is 0 Å². The minimum atomic E-state index is -0.883. The van der Waals surface area contributed by atoms with Crippen molar-refractivity contribution in [1.82, 2.24) is 9.80 Å². The predicted molar refractivity (Wildman–Crippen MR) is 152 cm³/mol. The van der Waals surface area contributed by atoms with E-state index in [0.717, 1.165) is 55.2 Å². The van der Waals surface area contributed by atoms with Crippen LogP contribution in [0.25, 0.3) is 0 Å². The van der Waals surface area contributed by atoms with E-state index in [-0.39, 0.29) is 17.4 Å². The highest BCUT2D eigenvalue weighted by Gasteiger charge is 2.44. The summed E-state index contributed by atoms with van der Waals surface area (Å²) >= 11 is 6.16. The number of likely N-dealkylation sites (N-methyl/N-ethyl adjacent to an activating group) is 1. The van der Waals surface area contributed by atoms with Gasteiger partial charge in [-0.15, -0.1) is 0 Å². The van der Waals surface area contributed by atoms with E-state index in [1.54, 1.807) is 4.90 Å². The fourth-order valence-electron chi connectivity index (χ4n) is 5.72. The number of carbonyl (C=O) groups is 1. The van der Waals surface area contributed by atoms with Crippen LogP contribution in [-0.4, -0.2) is 59.0 Å². The van der Waals surface area contributed by atoms with Gasteiger partial charge in [-0.05, 0) is 80.4 Å². The Morgan fingerprint density at radius 2 is 1.70 bits per heavy atom. The minimum absolute atomic E-state index is 0.0588. The number of para-hydroxylation sites is 1. The molecule has 2 aliphatic rings. The van der Waals surface area contributed by atoms with Crippen molar-refractivity contribution in [3.8, 4) is 0 Å².